The summed E-state index contributed by atoms with van der Waals surface area (Å²) in [5.41, 5.74) is 0. The first kappa shape index (κ1) is 14.0. The molecule has 0 aliphatic carbocycles. The van der Waals surface area contributed by atoms with E-state index < -0.39 is 0 Å². The van der Waals surface area contributed by atoms with Crippen molar-refractivity contribution >= 4 is 33.7 Å². The van der Waals surface area contributed by atoms with E-state index in [-0.39, 0.29) is 5.91 Å². The predicted octanol–water partition coefficient (Wildman–Crippen LogP) is 2.52. The van der Waals surface area contributed by atoms with Crippen LogP contribution in [0.4, 0.5) is 5.13 Å². The van der Waals surface area contributed by atoms with Crippen LogP contribution >= 0.6 is 22.7 Å². The average Bonchev–Trinajstić information content (AvgIpc) is 3.05. The van der Waals surface area contributed by atoms with Crippen LogP contribution in [0.3, 0.4) is 0 Å². The first-order valence-electron chi connectivity index (χ1n) is 6.16. The van der Waals surface area contributed by atoms with Gasteiger partial charge >= 0.3 is 0 Å². The van der Waals surface area contributed by atoms with E-state index in [0.29, 0.717) is 16.7 Å². The SMILES string of the molecule is CCNc1nnc(C(=O)NCc2ccc(CC)s2)s1. The van der Waals surface area contributed by atoms with Gasteiger partial charge in [0.25, 0.3) is 5.91 Å². The van der Waals surface area contributed by atoms with Crippen LogP contribution in [0.1, 0.15) is 33.4 Å². The second-order valence-corrected chi connectivity index (χ2v) is 6.08. The smallest absolute Gasteiger partial charge is 0.282 e. The summed E-state index contributed by atoms with van der Waals surface area (Å²) in [6.45, 7) is 5.41. The summed E-state index contributed by atoms with van der Waals surface area (Å²) in [6.07, 6.45) is 1.03. The number of rotatable bonds is 6. The van der Waals surface area contributed by atoms with Gasteiger partial charge in [0.15, 0.2) is 0 Å². The molecule has 2 heterocycles. The van der Waals surface area contributed by atoms with E-state index in [1.165, 1.54) is 16.2 Å². The van der Waals surface area contributed by atoms with Crippen LogP contribution in [-0.2, 0) is 13.0 Å². The minimum absolute atomic E-state index is 0.173. The molecule has 2 aromatic rings. The molecule has 0 spiro atoms. The third-order valence-corrected chi connectivity index (χ3v) is 4.55. The van der Waals surface area contributed by atoms with E-state index in [1.54, 1.807) is 11.3 Å². The molecule has 0 aliphatic heterocycles. The Morgan fingerprint density at radius 3 is 2.68 bits per heavy atom. The number of amides is 1. The summed E-state index contributed by atoms with van der Waals surface area (Å²) >= 11 is 2.99. The first-order chi connectivity index (χ1) is 9.22. The maximum absolute atomic E-state index is 11.9. The number of nitrogens with one attached hydrogen (secondary N) is 2. The number of hydrogen-bond donors (Lipinski definition) is 2. The van der Waals surface area contributed by atoms with Crippen LogP contribution in [0, 0.1) is 0 Å². The maximum atomic E-state index is 11.9. The fourth-order valence-electron chi connectivity index (χ4n) is 1.49. The highest BCUT2D eigenvalue weighted by atomic mass is 32.1. The zero-order valence-electron chi connectivity index (χ0n) is 10.9. The molecule has 0 aliphatic rings. The molecular formula is C12H16N4OS2. The number of nitrogens with zero attached hydrogens (tertiary/aromatic N) is 2. The van der Waals surface area contributed by atoms with E-state index in [9.17, 15) is 4.79 Å². The molecule has 0 saturated carbocycles. The molecule has 0 bridgehead atoms. The van der Waals surface area contributed by atoms with Gasteiger partial charge in [0.2, 0.25) is 10.1 Å². The van der Waals surface area contributed by atoms with Crippen LogP contribution in [0.5, 0.6) is 0 Å². The highest BCUT2D eigenvalue weighted by molar-refractivity contribution is 7.17. The number of aryl methyl sites for hydroxylation is 1. The van der Waals surface area contributed by atoms with Crippen molar-refractivity contribution in [1.29, 1.82) is 0 Å². The highest BCUT2D eigenvalue weighted by Gasteiger charge is 2.12. The monoisotopic (exact) mass is 296 g/mol. The molecule has 0 radical (unpaired) electrons. The summed E-state index contributed by atoms with van der Waals surface area (Å²) in [4.78, 5) is 14.4. The molecule has 0 saturated heterocycles. The lowest BCUT2D eigenvalue weighted by molar-refractivity contribution is 0.0950. The van der Waals surface area contributed by atoms with Crippen molar-refractivity contribution in [3.05, 3.63) is 26.9 Å². The fourth-order valence-corrected chi connectivity index (χ4v) is 3.11. The van der Waals surface area contributed by atoms with Crippen molar-refractivity contribution in [2.45, 2.75) is 26.8 Å². The van der Waals surface area contributed by atoms with E-state index in [1.807, 2.05) is 13.0 Å². The van der Waals surface area contributed by atoms with Gasteiger partial charge in [-0.05, 0) is 25.5 Å². The van der Waals surface area contributed by atoms with Crippen molar-refractivity contribution in [2.24, 2.45) is 0 Å². The Kier molecular flexibility index (Phi) is 4.86. The van der Waals surface area contributed by atoms with Gasteiger partial charge in [-0.1, -0.05) is 18.3 Å². The molecule has 2 N–H and O–H groups in total. The molecule has 0 unspecified atom stereocenters. The maximum Gasteiger partial charge on any atom is 0.282 e. The van der Waals surface area contributed by atoms with Crippen molar-refractivity contribution in [3.63, 3.8) is 0 Å². The van der Waals surface area contributed by atoms with Crippen LogP contribution in [0.25, 0.3) is 0 Å². The van der Waals surface area contributed by atoms with Gasteiger partial charge in [0, 0.05) is 16.3 Å². The molecule has 0 aromatic carbocycles. The number of thiophene rings is 1. The normalized spacial score (nSPS) is 10.4. The molecule has 2 rings (SSSR count). The molecule has 0 fully saturated rings. The Hall–Kier alpha value is -1.47. The molecule has 7 heteroatoms. The Bertz CT molecular complexity index is 549. The van der Waals surface area contributed by atoms with Gasteiger partial charge in [0.05, 0.1) is 6.54 Å². The molecule has 5 nitrogen and oxygen atoms in total. The lowest BCUT2D eigenvalue weighted by Crippen LogP contribution is -2.22. The Labute approximate surface area is 120 Å². The van der Waals surface area contributed by atoms with E-state index in [2.05, 4.69) is 33.8 Å². The highest BCUT2D eigenvalue weighted by Crippen LogP contribution is 2.18. The van der Waals surface area contributed by atoms with Crippen molar-refractivity contribution in [3.8, 4) is 0 Å². The third-order valence-electron chi connectivity index (χ3n) is 2.44. The molecule has 0 atom stereocenters. The van der Waals surface area contributed by atoms with Crippen LogP contribution in [0.15, 0.2) is 12.1 Å². The van der Waals surface area contributed by atoms with E-state index >= 15 is 0 Å². The fraction of sp³-hybridized carbons (Fsp3) is 0.417. The summed E-state index contributed by atoms with van der Waals surface area (Å²) in [5.74, 6) is -0.173. The van der Waals surface area contributed by atoms with E-state index in [4.69, 9.17) is 0 Å². The summed E-state index contributed by atoms with van der Waals surface area (Å²) < 4.78 is 0. The quantitative estimate of drug-likeness (QED) is 0.859. The molecule has 19 heavy (non-hydrogen) atoms. The molecular weight excluding hydrogens is 280 g/mol. The molecule has 1 amide bonds. The standard InChI is InChI=1S/C12H16N4OS2/c1-3-8-5-6-9(18-8)7-14-10(17)11-15-16-12(19-11)13-4-2/h5-6H,3-4,7H2,1-2H3,(H,13,16)(H,14,17). The van der Waals surface area contributed by atoms with Gasteiger partial charge in [-0.3, -0.25) is 4.79 Å². The van der Waals surface area contributed by atoms with Gasteiger partial charge < -0.3 is 10.6 Å². The minimum Gasteiger partial charge on any atom is -0.360 e. The van der Waals surface area contributed by atoms with Crippen molar-refractivity contribution in [1.82, 2.24) is 15.5 Å². The first-order valence-corrected chi connectivity index (χ1v) is 7.79. The van der Waals surface area contributed by atoms with E-state index in [0.717, 1.165) is 17.8 Å². The minimum atomic E-state index is -0.173. The predicted molar refractivity (Wildman–Crippen MR) is 78.9 cm³/mol. The number of anilines is 1. The van der Waals surface area contributed by atoms with Gasteiger partial charge in [-0.2, -0.15) is 0 Å². The Morgan fingerprint density at radius 2 is 2.00 bits per heavy atom. The largest absolute Gasteiger partial charge is 0.360 e. The second kappa shape index (κ2) is 6.63. The van der Waals surface area contributed by atoms with Gasteiger partial charge in [-0.15, -0.1) is 21.5 Å². The zero-order chi connectivity index (χ0) is 13.7. The molecule has 2 aromatic heterocycles. The third kappa shape index (κ3) is 3.74. The summed E-state index contributed by atoms with van der Waals surface area (Å²) in [5, 5.41) is 14.7. The topological polar surface area (TPSA) is 66.9 Å². The van der Waals surface area contributed by atoms with Crippen LogP contribution in [0.2, 0.25) is 0 Å². The number of carbonyl (C=O) groups is 1. The van der Waals surface area contributed by atoms with Crippen LogP contribution < -0.4 is 10.6 Å². The van der Waals surface area contributed by atoms with Crippen molar-refractivity contribution < 1.29 is 4.79 Å². The lowest BCUT2D eigenvalue weighted by Gasteiger charge is -1.99. The summed E-state index contributed by atoms with van der Waals surface area (Å²) in [7, 11) is 0. The number of carbonyl (C=O) groups excluding carboxylic acids is 1. The van der Waals surface area contributed by atoms with Gasteiger partial charge in [0.1, 0.15) is 0 Å². The second-order valence-electron chi connectivity index (χ2n) is 3.85. The Balaban J connectivity index is 1.89. The average molecular weight is 296 g/mol. The zero-order valence-corrected chi connectivity index (χ0v) is 12.5. The lowest BCUT2D eigenvalue weighted by atomic mass is 10.3. The summed E-state index contributed by atoms with van der Waals surface area (Å²) in [6, 6.07) is 4.15. The molecule has 102 valence electrons. The van der Waals surface area contributed by atoms with Crippen molar-refractivity contribution in [2.75, 3.05) is 11.9 Å². The van der Waals surface area contributed by atoms with Gasteiger partial charge in [-0.25, -0.2) is 0 Å². The number of aromatic nitrogens is 2. The van der Waals surface area contributed by atoms with Crippen LogP contribution in [-0.4, -0.2) is 22.6 Å². The Morgan fingerprint density at radius 1 is 1.21 bits per heavy atom. The number of hydrogen-bond acceptors (Lipinski definition) is 6.